The van der Waals surface area contributed by atoms with E-state index < -0.39 is 5.97 Å². The molecule has 0 fully saturated rings. The lowest BCUT2D eigenvalue weighted by Gasteiger charge is -2.05. The zero-order valence-corrected chi connectivity index (χ0v) is 15.5. The van der Waals surface area contributed by atoms with Crippen LogP contribution in [0, 0.1) is 6.92 Å². The molecule has 0 saturated carbocycles. The van der Waals surface area contributed by atoms with Gasteiger partial charge < -0.3 is 4.74 Å². The molecular formula is C23H20N2O3. The summed E-state index contributed by atoms with van der Waals surface area (Å²) in [6, 6.07) is 23.5. The third-order valence-corrected chi connectivity index (χ3v) is 3.99. The Morgan fingerprint density at radius 3 is 2.29 bits per heavy atom. The number of hydrazone groups is 1. The third-order valence-electron chi connectivity index (χ3n) is 3.99. The second kappa shape index (κ2) is 9.28. The van der Waals surface area contributed by atoms with Crippen LogP contribution in [-0.4, -0.2) is 18.1 Å². The van der Waals surface area contributed by atoms with Gasteiger partial charge in [0.15, 0.2) is 0 Å². The van der Waals surface area contributed by atoms with E-state index in [0.29, 0.717) is 11.3 Å². The maximum Gasteiger partial charge on any atom is 0.343 e. The molecule has 5 nitrogen and oxygen atoms in total. The van der Waals surface area contributed by atoms with Crippen molar-refractivity contribution >= 4 is 18.1 Å². The molecule has 0 bridgehead atoms. The lowest BCUT2D eigenvalue weighted by atomic mass is 10.1. The van der Waals surface area contributed by atoms with Crippen LogP contribution in [0.2, 0.25) is 0 Å². The van der Waals surface area contributed by atoms with Gasteiger partial charge in [-0.2, -0.15) is 5.10 Å². The number of hydrogen-bond acceptors (Lipinski definition) is 4. The average molecular weight is 372 g/mol. The normalized spacial score (nSPS) is 10.6. The fourth-order valence-corrected chi connectivity index (χ4v) is 2.48. The first-order chi connectivity index (χ1) is 13.6. The van der Waals surface area contributed by atoms with Gasteiger partial charge in [-0.25, -0.2) is 10.2 Å². The zero-order valence-electron chi connectivity index (χ0n) is 15.5. The van der Waals surface area contributed by atoms with E-state index in [1.807, 2.05) is 49.4 Å². The highest BCUT2D eigenvalue weighted by Crippen LogP contribution is 2.14. The van der Waals surface area contributed by atoms with Crippen LogP contribution in [0.1, 0.15) is 27.0 Å². The number of amides is 1. The van der Waals surface area contributed by atoms with E-state index in [9.17, 15) is 9.59 Å². The Labute approximate surface area is 163 Å². The van der Waals surface area contributed by atoms with Crippen molar-refractivity contribution in [3.8, 4) is 5.75 Å². The van der Waals surface area contributed by atoms with Crippen molar-refractivity contribution in [1.29, 1.82) is 0 Å². The molecule has 28 heavy (non-hydrogen) atoms. The minimum Gasteiger partial charge on any atom is -0.423 e. The summed E-state index contributed by atoms with van der Waals surface area (Å²) in [4.78, 5) is 24.0. The molecule has 5 heteroatoms. The van der Waals surface area contributed by atoms with Gasteiger partial charge >= 0.3 is 5.97 Å². The fourth-order valence-electron chi connectivity index (χ4n) is 2.48. The molecule has 0 atom stereocenters. The molecule has 0 radical (unpaired) electrons. The van der Waals surface area contributed by atoms with Gasteiger partial charge in [0.25, 0.3) is 0 Å². The molecule has 3 rings (SSSR count). The molecule has 0 heterocycles. The summed E-state index contributed by atoms with van der Waals surface area (Å²) in [6.07, 6.45) is 1.81. The van der Waals surface area contributed by atoms with Crippen molar-refractivity contribution in [1.82, 2.24) is 5.43 Å². The van der Waals surface area contributed by atoms with Crippen LogP contribution in [0.3, 0.4) is 0 Å². The van der Waals surface area contributed by atoms with E-state index in [-0.39, 0.29) is 12.3 Å². The monoisotopic (exact) mass is 372 g/mol. The SMILES string of the molecule is Cc1ccc(C(=O)Oc2ccc(/C=N\NC(=O)Cc3ccccc3)cc2)cc1. The van der Waals surface area contributed by atoms with Crippen molar-refractivity contribution < 1.29 is 14.3 Å². The van der Waals surface area contributed by atoms with Crippen molar-refractivity contribution in [2.24, 2.45) is 5.10 Å². The number of nitrogens with zero attached hydrogens (tertiary/aromatic N) is 1. The highest BCUT2D eigenvalue weighted by atomic mass is 16.5. The van der Waals surface area contributed by atoms with E-state index >= 15 is 0 Å². The maximum atomic E-state index is 12.1. The minimum atomic E-state index is -0.408. The highest BCUT2D eigenvalue weighted by molar-refractivity contribution is 5.91. The van der Waals surface area contributed by atoms with E-state index in [0.717, 1.165) is 16.7 Å². The van der Waals surface area contributed by atoms with Crippen LogP contribution in [0.25, 0.3) is 0 Å². The predicted octanol–water partition coefficient (Wildman–Crippen LogP) is 3.91. The van der Waals surface area contributed by atoms with Gasteiger partial charge in [0.1, 0.15) is 5.75 Å². The van der Waals surface area contributed by atoms with E-state index in [2.05, 4.69) is 10.5 Å². The number of hydrogen-bond donors (Lipinski definition) is 1. The summed E-state index contributed by atoms with van der Waals surface area (Å²) in [6.45, 7) is 1.96. The largest absolute Gasteiger partial charge is 0.423 e. The summed E-state index contributed by atoms with van der Waals surface area (Å²) in [5, 5.41) is 3.95. The Morgan fingerprint density at radius 1 is 0.929 bits per heavy atom. The summed E-state index contributed by atoms with van der Waals surface area (Å²) in [7, 11) is 0. The molecule has 0 unspecified atom stereocenters. The van der Waals surface area contributed by atoms with E-state index in [1.165, 1.54) is 6.21 Å². The van der Waals surface area contributed by atoms with Gasteiger partial charge in [0, 0.05) is 0 Å². The van der Waals surface area contributed by atoms with Gasteiger partial charge in [0.05, 0.1) is 18.2 Å². The first-order valence-corrected chi connectivity index (χ1v) is 8.85. The molecule has 0 aliphatic heterocycles. The first-order valence-electron chi connectivity index (χ1n) is 8.85. The van der Waals surface area contributed by atoms with Crippen molar-refractivity contribution in [3.05, 3.63) is 101 Å². The number of benzene rings is 3. The van der Waals surface area contributed by atoms with Crippen LogP contribution in [0.15, 0.2) is 84.0 Å². The van der Waals surface area contributed by atoms with Gasteiger partial charge in [0.2, 0.25) is 5.91 Å². The van der Waals surface area contributed by atoms with Crippen molar-refractivity contribution in [3.63, 3.8) is 0 Å². The van der Waals surface area contributed by atoms with Crippen molar-refractivity contribution in [2.75, 3.05) is 0 Å². The Morgan fingerprint density at radius 2 is 1.61 bits per heavy atom. The molecule has 1 N–H and O–H groups in total. The number of rotatable bonds is 6. The molecule has 3 aromatic rings. The fraction of sp³-hybridized carbons (Fsp3) is 0.0870. The van der Waals surface area contributed by atoms with Gasteiger partial charge in [-0.1, -0.05) is 48.0 Å². The molecular weight excluding hydrogens is 352 g/mol. The minimum absolute atomic E-state index is 0.189. The Bertz CT molecular complexity index is 963. The number of ether oxygens (including phenoxy) is 1. The average Bonchev–Trinajstić information content (AvgIpc) is 2.70. The quantitative estimate of drug-likeness (QED) is 0.309. The number of aryl methyl sites for hydroxylation is 1. The summed E-state index contributed by atoms with van der Waals surface area (Å²) in [5.41, 5.74) is 5.77. The van der Waals surface area contributed by atoms with Crippen LogP contribution in [0.5, 0.6) is 5.75 Å². The molecule has 0 aliphatic carbocycles. The van der Waals surface area contributed by atoms with E-state index in [4.69, 9.17) is 4.74 Å². The third kappa shape index (κ3) is 5.64. The number of carbonyl (C=O) groups is 2. The van der Waals surface area contributed by atoms with Crippen LogP contribution < -0.4 is 10.2 Å². The van der Waals surface area contributed by atoms with Gasteiger partial charge in [-0.3, -0.25) is 4.79 Å². The number of carbonyl (C=O) groups excluding carboxylic acids is 2. The summed E-state index contributed by atoms with van der Waals surface area (Å²) >= 11 is 0. The molecule has 0 aromatic heterocycles. The molecule has 1 amide bonds. The molecule has 0 saturated heterocycles. The van der Waals surface area contributed by atoms with Crippen LogP contribution in [-0.2, 0) is 11.2 Å². The Kier molecular flexibility index (Phi) is 6.31. The Balaban J connectivity index is 1.51. The summed E-state index contributed by atoms with van der Waals surface area (Å²) < 4.78 is 5.35. The second-order valence-corrected chi connectivity index (χ2v) is 6.28. The van der Waals surface area contributed by atoms with Crippen molar-refractivity contribution in [2.45, 2.75) is 13.3 Å². The molecule has 3 aromatic carbocycles. The molecule has 0 spiro atoms. The lowest BCUT2D eigenvalue weighted by molar-refractivity contribution is -0.120. The smallest absolute Gasteiger partial charge is 0.343 e. The molecule has 140 valence electrons. The molecule has 0 aliphatic rings. The zero-order chi connectivity index (χ0) is 19.8. The lowest BCUT2D eigenvalue weighted by Crippen LogP contribution is -2.19. The topological polar surface area (TPSA) is 67.8 Å². The Hall–Kier alpha value is -3.73. The second-order valence-electron chi connectivity index (χ2n) is 6.28. The van der Waals surface area contributed by atoms with Crippen LogP contribution >= 0.6 is 0 Å². The van der Waals surface area contributed by atoms with Crippen LogP contribution in [0.4, 0.5) is 0 Å². The van der Waals surface area contributed by atoms with Gasteiger partial charge in [-0.15, -0.1) is 0 Å². The number of nitrogens with one attached hydrogen (secondary N) is 1. The first kappa shape index (κ1) is 19.0. The maximum absolute atomic E-state index is 12.1. The number of esters is 1. The summed E-state index contributed by atoms with van der Waals surface area (Å²) in [5.74, 6) is -0.156. The van der Waals surface area contributed by atoms with E-state index in [1.54, 1.807) is 36.4 Å². The highest BCUT2D eigenvalue weighted by Gasteiger charge is 2.08. The van der Waals surface area contributed by atoms with Gasteiger partial charge in [-0.05, 0) is 54.4 Å². The predicted molar refractivity (Wildman–Crippen MR) is 108 cm³/mol. The standard InChI is InChI=1S/C23H20N2O3/c1-17-7-11-20(12-8-17)23(27)28-21-13-9-19(10-14-21)16-24-25-22(26)15-18-5-3-2-4-6-18/h2-14,16H,15H2,1H3,(H,25,26)/b24-16-.